The molecule has 19 heavy (non-hydrogen) atoms. The molecule has 102 valence electrons. The highest BCUT2D eigenvalue weighted by Crippen LogP contribution is 2.12. The maximum atomic E-state index is 11.5. The van der Waals surface area contributed by atoms with E-state index in [-0.39, 0.29) is 12.5 Å². The molecule has 0 radical (unpaired) electrons. The molecular formula is C16H22N2O. The van der Waals surface area contributed by atoms with Crippen molar-refractivity contribution in [2.45, 2.75) is 32.6 Å². The van der Waals surface area contributed by atoms with Gasteiger partial charge >= 0.3 is 0 Å². The van der Waals surface area contributed by atoms with E-state index in [1.807, 2.05) is 12.1 Å². The molecule has 0 aliphatic carbocycles. The summed E-state index contributed by atoms with van der Waals surface area (Å²) in [7, 11) is 0. The SMILES string of the molecule is C#CCNCC(=O)Nc1ccc(CCCCC)cc1. The van der Waals surface area contributed by atoms with Crippen molar-refractivity contribution >= 4 is 11.6 Å². The van der Waals surface area contributed by atoms with Crippen LogP contribution in [0.3, 0.4) is 0 Å². The van der Waals surface area contributed by atoms with Gasteiger partial charge in [0.05, 0.1) is 13.1 Å². The molecule has 1 rings (SSSR count). The molecule has 2 N–H and O–H groups in total. The number of carbonyl (C=O) groups is 1. The Morgan fingerprint density at radius 2 is 2.00 bits per heavy atom. The summed E-state index contributed by atoms with van der Waals surface area (Å²) < 4.78 is 0. The fourth-order valence-electron chi connectivity index (χ4n) is 1.79. The van der Waals surface area contributed by atoms with Gasteiger partial charge in [0.15, 0.2) is 0 Å². The monoisotopic (exact) mass is 258 g/mol. The predicted octanol–water partition coefficient (Wildman–Crippen LogP) is 2.58. The van der Waals surface area contributed by atoms with Gasteiger partial charge in [0.2, 0.25) is 5.91 Å². The van der Waals surface area contributed by atoms with Crippen LogP contribution in [0.5, 0.6) is 0 Å². The molecule has 0 saturated heterocycles. The molecule has 0 heterocycles. The first-order valence-corrected chi connectivity index (χ1v) is 6.79. The number of benzene rings is 1. The maximum absolute atomic E-state index is 11.5. The molecule has 0 atom stereocenters. The minimum Gasteiger partial charge on any atom is -0.325 e. The van der Waals surface area contributed by atoms with E-state index in [4.69, 9.17) is 6.42 Å². The van der Waals surface area contributed by atoms with E-state index in [9.17, 15) is 4.79 Å². The lowest BCUT2D eigenvalue weighted by atomic mass is 10.1. The van der Waals surface area contributed by atoms with Gasteiger partial charge in [-0.05, 0) is 30.5 Å². The number of carbonyl (C=O) groups excluding carboxylic acids is 1. The lowest BCUT2D eigenvalue weighted by Gasteiger charge is -2.06. The summed E-state index contributed by atoms with van der Waals surface area (Å²) in [6.07, 6.45) is 9.91. The van der Waals surface area contributed by atoms with E-state index < -0.39 is 0 Å². The highest BCUT2D eigenvalue weighted by atomic mass is 16.1. The van der Waals surface area contributed by atoms with E-state index in [1.54, 1.807) is 0 Å². The highest BCUT2D eigenvalue weighted by molar-refractivity contribution is 5.92. The molecule has 0 aromatic heterocycles. The van der Waals surface area contributed by atoms with Gasteiger partial charge in [0.1, 0.15) is 0 Å². The van der Waals surface area contributed by atoms with Crippen LogP contribution in [-0.4, -0.2) is 19.0 Å². The minimum atomic E-state index is -0.0750. The molecule has 1 aromatic carbocycles. The molecule has 3 nitrogen and oxygen atoms in total. The fourth-order valence-corrected chi connectivity index (χ4v) is 1.79. The average molecular weight is 258 g/mol. The Morgan fingerprint density at radius 3 is 2.63 bits per heavy atom. The Hall–Kier alpha value is -1.79. The summed E-state index contributed by atoms with van der Waals surface area (Å²) >= 11 is 0. The minimum absolute atomic E-state index is 0.0750. The summed E-state index contributed by atoms with van der Waals surface area (Å²) in [5, 5.41) is 5.68. The molecule has 0 saturated carbocycles. The molecule has 1 amide bonds. The van der Waals surface area contributed by atoms with Crippen LogP contribution < -0.4 is 10.6 Å². The van der Waals surface area contributed by atoms with Crippen LogP contribution >= 0.6 is 0 Å². The van der Waals surface area contributed by atoms with Gasteiger partial charge in [-0.1, -0.05) is 37.8 Å². The third kappa shape index (κ3) is 6.64. The fraction of sp³-hybridized carbons (Fsp3) is 0.438. The molecule has 0 unspecified atom stereocenters. The topological polar surface area (TPSA) is 41.1 Å². The van der Waals surface area contributed by atoms with Crippen LogP contribution in [0, 0.1) is 12.3 Å². The Bertz CT molecular complexity index is 417. The molecule has 0 spiro atoms. The van der Waals surface area contributed by atoms with Gasteiger partial charge in [-0.15, -0.1) is 6.42 Å². The second kappa shape index (κ2) is 9.18. The van der Waals surface area contributed by atoms with E-state index in [0.29, 0.717) is 6.54 Å². The van der Waals surface area contributed by atoms with Crippen molar-refractivity contribution in [3.63, 3.8) is 0 Å². The summed E-state index contributed by atoms with van der Waals surface area (Å²) in [5.41, 5.74) is 2.14. The highest BCUT2D eigenvalue weighted by Gasteiger charge is 2.01. The van der Waals surface area contributed by atoms with Crippen LogP contribution in [0.2, 0.25) is 0 Å². The number of amides is 1. The Labute approximate surface area is 115 Å². The number of hydrogen-bond acceptors (Lipinski definition) is 2. The zero-order valence-electron chi connectivity index (χ0n) is 11.5. The summed E-state index contributed by atoms with van der Waals surface area (Å²) in [6, 6.07) is 8.03. The summed E-state index contributed by atoms with van der Waals surface area (Å²) in [4.78, 5) is 11.5. The average Bonchev–Trinajstić information content (AvgIpc) is 2.41. The summed E-state index contributed by atoms with van der Waals surface area (Å²) in [6.45, 7) is 2.85. The second-order valence-electron chi connectivity index (χ2n) is 4.51. The number of terminal acetylenes is 1. The quantitative estimate of drug-likeness (QED) is 0.556. The van der Waals surface area contributed by atoms with Gasteiger partial charge in [-0.3, -0.25) is 10.1 Å². The van der Waals surface area contributed by atoms with Gasteiger partial charge in [0, 0.05) is 5.69 Å². The first kappa shape index (κ1) is 15.3. The molecular weight excluding hydrogens is 236 g/mol. The number of anilines is 1. The standard InChI is InChI=1S/C16H22N2O/c1-3-5-6-7-14-8-10-15(11-9-14)18-16(19)13-17-12-4-2/h2,8-11,17H,3,5-7,12-13H2,1H3,(H,18,19). The van der Waals surface area contributed by atoms with Crippen molar-refractivity contribution in [3.8, 4) is 12.3 Å². The van der Waals surface area contributed by atoms with Crippen LogP contribution in [0.15, 0.2) is 24.3 Å². The van der Waals surface area contributed by atoms with E-state index in [0.717, 1.165) is 12.1 Å². The van der Waals surface area contributed by atoms with E-state index in [2.05, 4.69) is 35.6 Å². The van der Waals surface area contributed by atoms with Crippen molar-refractivity contribution < 1.29 is 4.79 Å². The van der Waals surface area contributed by atoms with Gasteiger partial charge in [-0.25, -0.2) is 0 Å². The molecule has 0 aliphatic heterocycles. The molecule has 0 bridgehead atoms. The van der Waals surface area contributed by atoms with Crippen molar-refractivity contribution in [2.24, 2.45) is 0 Å². The first-order chi connectivity index (χ1) is 9.26. The molecule has 0 aliphatic rings. The lowest BCUT2D eigenvalue weighted by Crippen LogP contribution is -2.28. The van der Waals surface area contributed by atoms with Gasteiger partial charge in [0.25, 0.3) is 0 Å². The summed E-state index contributed by atoms with van der Waals surface area (Å²) in [5.74, 6) is 2.35. The zero-order chi connectivity index (χ0) is 13.9. The molecule has 1 aromatic rings. The van der Waals surface area contributed by atoms with Crippen molar-refractivity contribution in [1.82, 2.24) is 5.32 Å². The number of rotatable bonds is 8. The van der Waals surface area contributed by atoms with Crippen LogP contribution in [0.1, 0.15) is 31.7 Å². The van der Waals surface area contributed by atoms with Crippen LogP contribution in [0.25, 0.3) is 0 Å². The molecule has 0 fully saturated rings. The van der Waals surface area contributed by atoms with Crippen molar-refractivity contribution in [1.29, 1.82) is 0 Å². The normalized spacial score (nSPS) is 9.89. The molecule has 3 heteroatoms. The Balaban J connectivity index is 2.35. The van der Waals surface area contributed by atoms with Gasteiger partial charge in [-0.2, -0.15) is 0 Å². The number of hydrogen-bond donors (Lipinski definition) is 2. The third-order valence-electron chi connectivity index (χ3n) is 2.82. The maximum Gasteiger partial charge on any atom is 0.238 e. The Kier molecular flexibility index (Phi) is 7.38. The lowest BCUT2D eigenvalue weighted by molar-refractivity contribution is -0.115. The number of nitrogens with one attached hydrogen (secondary N) is 2. The largest absolute Gasteiger partial charge is 0.325 e. The smallest absolute Gasteiger partial charge is 0.238 e. The van der Waals surface area contributed by atoms with Crippen molar-refractivity contribution in [2.75, 3.05) is 18.4 Å². The van der Waals surface area contributed by atoms with E-state index >= 15 is 0 Å². The van der Waals surface area contributed by atoms with E-state index in [1.165, 1.54) is 24.8 Å². The van der Waals surface area contributed by atoms with Gasteiger partial charge < -0.3 is 5.32 Å². The van der Waals surface area contributed by atoms with Crippen molar-refractivity contribution in [3.05, 3.63) is 29.8 Å². The third-order valence-corrected chi connectivity index (χ3v) is 2.82. The number of unbranched alkanes of at least 4 members (excludes halogenated alkanes) is 2. The zero-order valence-corrected chi connectivity index (χ0v) is 11.5. The first-order valence-electron chi connectivity index (χ1n) is 6.79. The van der Waals surface area contributed by atoms with Crippen LogP contribution in [-0.2, 0) is 11.2 Å². The van der Waals surface area contributed by atoms with Crippen LogP contribution in [0.4, 0.5) is 5.69 Å². The second-order valence-corrected chi connectivity index (χ2v) is 4.51. The Morgan fingerprint density at radius 1 is 1.26 bits per heavy atom. The number of aryl methyl sites for hydroxylation is 1. The predicted molar refractivity (Wildman–Crippen MR) is 80.0 cm³/mol.